The maximum atomic E-state index is 2.39. The van der Waals surface area contributed by atoms with Gasteiger partial charge in [0, 0.05) is 0 Å². The topological polar surface area (TPSA) is 0 Å². The Morgan fingerprint density at radius 1 is 0.750 bits per heavy atom. The van der Waals surface area contributed by atoms with Gasteiger partial charge >= 0.3 is 0 Å². The van der Waals surface area contributed by atoms with Crippen molar-refractivity contribution in [1.29, 1.82) is 0 Å². The van der Waals surface area contributed by atoms with Gasteiger partial charge in [0.15, 0.2) is 0 Å². The van der Waals surface area contributed by atoms with E-state index in [2.05, 4.69) is 55.5 Å². The largest absolute Gasteiger partial charge is 0.0776 e. The van der Waals surface area contributed by atoms with Gasteiger partial charge in [-0.25, -0.2) is 0 Å². The minimum Gasteiger partial charge on any atom is -0.0776 e. The highest BCUT2D eigenvalue weighted by Crippen LogP contribution is 2.24. The molecule has 0 aromatic carbocycles. The summed E-state index contributed by atoms with van der Waals surface area (Å²) in [6, 6.07) is 0. The van der Waals surface area contributed by atoms with Crippen molar-refractivity contribution in [3.8, 4) is 0 Å². The first-order valence-corrected chi connectivity index (χ1v) is 6.54. The van der Waals surface area contributed by atoms with Crippen LogP contribution in [-0.4, -0.2) is 0 Å². The Morgan fingerprint density at radius 2 is 1.12 bits per heavy atom. The van der Waals surface area contributed by atoms with Crippen LogP contribution in [0.1, 0.15) is 32.6 Å². The predicted molar refractivity (Wildman–Crippen MR) is 71.2 cm³/mol. The quantitative estimate of drug-likeness (QED) is 0.603. The van der Waals surface area contributed by atoms with E-state index in [1.54, 1.807) is 0 Å². The van der Waals surface area contributed by atoms with E-state index in [1.807, 2.05) is 0 Å². The average molecular weight is 214 g/mol. The summed E-state index contributed by atoms with van der Waals surface area (Å²) >= 11 is 0. The molecule has 0 unspecified atom stereocenters. The van der Waals surface area contributed by atoms with Crippen molar-refractivity contribution in [2.24, 2.45) is 17.8 Å². The van der Waals surface area contributed by atoms with Crippen LogP contribution >= 0.6 is 0 Å². The first-order valence-electron chi connectivity index (χ1n) is 6.54. The third-order valence-corrected chi connectivity index (χ3v) is 3.64. The van der Waals surface area contributed by atoms with E-state index in [0.717, 1.165) is 5.92 Å². The molecule has 0 radical (unpaired) electrons. The van der Waals surface area contributed by atoms with E-state index in [1.165, 1.54) is 25.7 Å². The Hall–Kier alpha value is -1.04. The van der Waals surface area contributed by atoms with Crippen molar-refractivity contribution in [1.82, 2.24) is 0 Å². The van der Waals surface area contributed by atoms with Gasteiger partial charge in [-0.2, -0.15) is 0 Å². The molecule has 0 heteroatoms. The number of allylic oxidation sites excluding steroid dienone is 8. The van der Waals surface area contributed by atoms with Gasteiger partial charge < -0.3 is 0 Å². The zero-order chi connectivity index (χ0) is 11.2. The van der Waals surface area contributed by atoms with Gasteiger partial charge in [-0.1, -0.05) is 55.5 Å². The molecule has 2 rings (SSSR count). The van der Waals surface area contributed by atoms with E-state index in [4.69, 9.17) is 0 Å². The summed E-state index contributed by atoms with van der Waals surface area (Å²) in [5.74, 6) is 2.30. The molecule has 0 aromatic heterocycles. The molecule has 0 amide bonds. The van der Waals surface area contributed by atoms with Gasteiger partial charge in [-0.3, -0.25) is 0 Å². The number of hydrogen-bond donors (Lipinski definition) is 0. The first-order chi connectivity index (χ1) is 7.84. The van der Waals surface area contributed by atoms with Crippen LogP contribution in [0.15, 0.2) is 48.6 Å². The summed E-state index contributed by atoms with van der Waals surface area (Å²) in [6.07, 6.45) is 23.3. The van der Waals surface area contributed by atoms with Crippen LogP contribution in [-0.2, 0) is 0 Å². The molecule has 0 N–H and O–H groups in total. The smallest absolute Gasteiger partial charge is 0.00472 e. The van der Waals surface area contributed by atoms with Gasteiger partial charge in [-0.15, -0.1) is 0 Å². The van der Waals surface area contributed by atoms with Crippen molar-refractivity contribution < 1.29 is 0 Å². The molecule has 0 aromatic rings. The van der Waals surface area contributed by atoms with Crippen LogP contribution in [0.25, 0.3) is 0 Å². The standard InChI is InChI=1S/C16H22/c1-14(10-12-15-6-2-3-7-15)11-13-16-8-4-5-9-16/h2-9,14-16H,10-13H2,1H3. The van der Waals surface area contributed by atoms with Crippen LogP contribution in [0.2, 0.25) is 0 Å². The summed E-state index contributed by atoms with van der Waals surface area (Å²) < 4.78 is 0. The molecular weight excluding hydrogens is 192 g/mol. The third kappa shape index (κ3) is 3.52. The zero-order valence-corrected chi connectivity index (χ0v) is 10.2. The van der Waals surface area contributed by atoms with Gasteiger partial charge in [-0.05, 0) is 43.4 Å². The van der Waals surface area contributed by atoms with Crippen molar-refractivity contribution in [2.45, 2.75) is 32.6 Å². The highest BCUT2D eigenvalue weighted by atomic mass is 14.2. The number of hydrogen-bond acceptors (Lipinski definition) is 0. The summed E-state index contributed by atoms with van der Waals surface area (Å²) in [5.41, 5.74) is 0. The Kier molecular flexibility index (Phi) is 4.21. The summed E-state index contributed by atoms with van der Waals surface area (Å²) in [7, 11) is 0. The summed E-state index contributed by atoms with van der Waals surface area (Å²) in [5, 5.41) is 0. The van der Waals surface area contributed by atoms with E-state index >= 15 is 0 Å². The molecule has 0 nitrogen and oxygen atoms in total. The maximum absolute atomic E-state index is 2.39. The van der Waals surface area contributed by atoms with Crippen LogP contribution < -0.4 is 0 Å². The fourth-order valence-corrected chi connectivity index (χ4v) is 2.44. The maximum Gasteiger partial charge on any atom is -0.00472 e. The molecule has 0 fully saturated rings. The van der Waals surface area contributed by atoms with Gasteiger partial charge in [0.2, 0.25) is 0 Å². The lowest BCUT2D eigenvalue weighted by molar-refractivity contribution is 0.431. The number of rotatable bonds is 6. The highest BCUT2D eigenvalue weighted by molar-refractivity contribution is 5.17. The lowest BCUT2D eigenvalue weighted by atomic mass is 9.91. The minimum absolute atomic E-state index is 0.716. The highest BCUT2D eigenvalue weighted by Gasteiger charge is 2.10. The van der Waals surface area contributed by atoms with Crippen LogP contribution in [0, 0.1) is 17.8 Å². The lowest BCUT2D eigenvalue weighted by Gasteiger charge is -2.14. The van der Waals surface area contributed by atoms with E-state index in [-0.39, 0.29) is 0 Å². The molecule has 86 valence electrons. The molecular formula is C16H22. The fourth-order valence-electron chi connectivity index (χ4n) is 2.44. The average Bonchev–Trinajstić information content (AvgIpc) is 2.96. The molecule has 0 saturated carbocycles. The Labute approximate surface area is 99.4 Å². The van der Waals surface area contributed by atoms with E-state index in [9.17, 15) is 0 Å². The van der Waals surface area contributed by atoms with Gasteiger partial charge in [0.25, 0.3) is 0 Å². The second-order valence-electron chi connectivity index (χ2n) is 5.13. The predicted octanol–water partition coefficient (Wildman–Crippen LogP) is 4.67. The molecule has 0 bridgehead atoms. The zero-order valence-electron chi connectivity index (χ0n) is 10.2. The van der Waals surface area contributed by atoms with Crippen molar-refractivity contribution in [3.05, 3.63) is 48.6 Å². The molecule has 0 heterocycles. The second kappa shape index (κ2) is 5.89. The fraction of sp³-hybridized carbons (Fsp3) is 0.500. The third-order valence-electron chi connectivity index (χ3n) is 3.64. The van der Waals surface area contributed by atoms with Crippen molar-refractivity contribution in [2.75, 3.05) is 0 Å². The van der Waals surface area contributed by atoms with Gasteiger partial charge in [0.05, 0.1) is 0 Å². The summed E-state index contributed by atoms with van der Waals surface area (Å²) in [6.45, 7) is 2.39. The normalized spacial score (nSPS) is 19.6. The molecule has 2 aliphatic rings. The molecule has 2 aliphatic carbocycles. The minimum atomic E-state index is 0.716. The monoisotopic (exact) mass is 214 g/mol. The molecule has 0 aliphatic heterocycles. The molecule has 0 saturated heterocycles. The molecule has 0 atom stereocenters. The van der Waals surface area contributed by atoms with Crippen LogP contribution in [0.5, 0.6) is 0 Å². The van der Waals surface area contributed by atoms with Crippen molar-refractivity contribution >= 4 is 0 Å². The SMILES string of the molecule is CC(CCC1C=CC=C1)CCC1C=CC=C1. The van der Waals surface area contributed by atoms with Crippen LogP contribution in [0.3, 0.4) is 0 Å². The lowest BCUT2D eigenvalue weighted by Crippen LogP contribution is -2.01. The van der Waals surface area contributed by atoms with E-state index in [0.29, 0.717) is 11.8 Å². The van der Waals surface area contributed by atoms with E-state index < -0.39 is 0 Å². The summed E-state index contributed by atoms with van der Waals surface area (Å²) in [4.78, 5) is 0. The Bertz CT molecular complexity index is 261. The molecule has 16 heavy (non-hydrogen) atoms. The molecule has 0 spiro atoms. The Balaban J connectivity index is 1.58. The first kappa shape index (κ1) is 11.4. The van der Waals surface area contributed by atoms with Gasteiger partial charge in [0.1, 0.15) is 0 Å². The van der Waals surface area contributed by atoms with Crippen LogP contribution in [0.4, 0.5) is 0 Å². The Morgan fingerprint density at radius 3 is 1.50 bits per heavy atom. The second-order valence-corrected chi connectivity index (χ2v) is 5.13. The van der Waals surface area contributed by atoms with Crippen molar-refractivity contribution in [3.63, 3.8) is 0 Å².